The Bertz CT molecular complexity index is 158. The Labute approximate surface area is 116 Å². The van der Waals surface area contributed by atoms with Gasteiger partial charge in [-0.2, -0.15) is 0 Å². The van der Waals surface area contributed by atoms with E-state index in [0.29, 0.717) is 26.4 Å². The molecule has 0 fully saturated rings. The molecule has 1 atom stereocenters. The first kappa shape index (κ1) is 18.1. The molecule has 0 amide bonds. The average molecular weight is 283 g/mol. The number of aliphatic hydroxyl groups excluding tert-OH is 1. The number of alkyl halides is 1. The van der Waals surface area contributed by atoms with Crippen LogP contribution < -0.4 is 0 Å². The predicted molar refractivity (Wildman–Crippen MR) is 73.3 cm³/mol. The van der Waals surface area contributed by atoms with Crippen molar-refractivity contribution in [3.05, 3.63) is 0 Å². The van der Waals surface area contributed by atoms with E-state index in [0.717, 1.165) is 13.0 Å². The number of ether oxygens (including phenoxy) is 3. The third-order valence-electron chi connectivity index (χ3n) is 2.37. The topological polar surface area (TPSA) is 47.9 Å². The molecule has 1 N–H and O–H groups in total. The predicted octanol–water partition coefficient (Wildman–Crippen LogP) is 2.22. The molecule has 0 aromatic heterocycles. The summed E-state index contributed by atoms with van der Waals surface area (Å²) in [5, 5.41) is 9.10. The van der Waals surface area contributed by atoms with Crippen molar-refractivity contribution in [1.82, 2.24) is 0 Å². The zero-order valence-corrected chi connectivity index (χ0v) is 12.2. The van der Waals surface area contributed by atoms with Gasteiger partial charge in [-0.05, 0) is 6.42 Å². The van der Waals surface area contributed by atoms with Gasteiger partial charge in [0.15, 0.2) is 0 Å². The number of halogens is 1. The summed E-state index contributed by atoms with van der Waals surface area (Å²) in [5.74, 6) is 0.201. The van der Waals surface area contributed by atoms with Gasteiger partial charge in [0, 0.05) is 6.61 Å². The number of rotatable bonds is 14. The number of hydrogen-bond donors (Lipinski definition) is 1. The second kappa shape index (κ2) is 15.2. The number of hydrogen-bond acceptors (Lipinski definition) is 4. The highest BCUT2D eigenvalue weighted by Crippen LogP contribution is 1.98. The van der Waals surface area contributed by atoms with Gasteiger partial charge >= 0.3 is 0 Å². The van der Waals surface area contributed by atoms with Gasteiger partial charge in [-0.3, -0.25) is 0 Å². The minimum atomic E-state index is -0.585. The standard InChI is InChI=1S/C13H27ClO4/c1-2-3-4-5-6-16-7-8-17-9-10-18-12-13(15)11-14/h13,15H,2-12H2,1H3/t13-/m0/s1. The fourth-order valence-electron chi connectivity index (χ4n) is 1.33. The molecular weight excluding hydrogens is 256 g/mol. The summed E-state index contributed by atoms with van der Waals surface area (Å²) in [6.45, 7) is 5.51. The second-order valence-electron chi connectivity index (χ2n) is 4.17. The number of aliphatic hydroxyl groups is 1. The van der Waals surface area contributed by atoms with Crippen LogP contribution in [0.5, 0.6) is 0 Å². The van der Waals surface area contributed by atoms with E-state index in [9.17, 15) is 0 Å². The van der Waals surface area contributed by atoms with Gasteiger partial charge in [0.25, 0.3) is 0 Å². The van der Waals surface area contributed by atoms with Crippen molar-refractivity contribution in [2.45, 2.75) is 38.7 Å². The highest BCUT2D eigenvalue weighted by molar-refractivity contribution is 6.18. The van der Waals surface area contributed by atoms with Crippen molar-refractivity contribution < 1.29 is 19.3 Å². The van der Waals surface area contributed by atoms with Crippen molar-refractivity contribution in [2.75, 3.05) is 45.5 Å². The Morgan fingerprint density at radius 2 is 1.50 bits per heavy atom. The van der Waals surface area contributed by atoms with Gasteiger partial charge in [-0.25, -0.2) is 0 Å². The Morgan fingerprint density at radius 3 is 2.11 bits per heavy atom. The molecule has 0 rings (SSSR count). The summed E-state index contributed by atoms with van der Waals surface area (Å²) in [5.41, 5.74) is 0. The van der Waals surface area contributed by atoms with E-state index in [1.165, 1.54) is 19.3 Å². The first-order valence-corrected chi connectivity index (χ1v) is 7.32. The summed E-state index contributed by atoms with van der Waals surface area (Å²) < 4.78 is 15.9. The fourth-order valence-corrected chi connectivity index (χ4v) is 1.42. The first-order chi connectivity index (χ1) is 8.81. The van der Waals surface area contributed by atoms with E-state index in [1.807, 2.05) is 0 Å². The van der Waals surface area contributed by atoms with E-state index in [1.54, 1.807) is 0 Å². The van der Waals surface area contributed by atoms with E-state index in [-0.39, 0.29) is 12.5 Å². The summed E-state index contributed by atoms with van der Waals surface area (Å²) in [6.07, 6.45) is 4.33. The van der Waals surface area contributed by atoms with Crippen LogP contribution in [0.15, 0.2) is 0 Å². The lowest BCUT2D eigenvalue weighted by molar-refractivity contribution is -0.00562. The van der Waals surface area contributed by atoms with Crippen LogP contribution in [-0.2, 0) is 14.2 Å². The Kier molecular flexibility index (Phi) is 15.3. The van der Waals surface area contributed by atoms with Crippen molar-refractivity contribution in [1.29, 1.82) is 0 Å². The molecule has 0 saturated heterocycles. The lowest BCUT2D eigenvalue weighted by Gasteiger charge is -2.08. The van der Waals surface area contributed by atoms with Crippen LogP contribution in [0.3, 0.4) is 0 Å². The fraction of sp³-hybridized carbons (Fsp3) is 1.00. The van der Waals surface area contributed by atoms with Crippen LogP contribution in [0.25, 0.3) is 0 Å². The molecule has 110 valence electrons. The quantitative estimate of drug-likeness (QED) is 0.392. The van der Waals surface area contributed by atoms with Crippen LogP contribution in [-0.4, -0.2) is 56.7 Å². The normalized spacial score (nSPS) is 12.8. The molecule has 0 spiro atoms. The third-order valence-corrected chi connectivity index (χ3v) is 2.73. The van der Waals surface area contributed by atoms with Crippen LogP contribution in [0.2, 0.25) is 0 Å². The van der Waals surface area contributed by atoms with Crippen LogP contribution in [0.1, 0.15) is 32.6 Å². The van der Waals surface area contributed by atoms with Gasteiger partial charge in [0.1, 0.15) is 0 Å². The minimum absolute atomic E-state index is 0.201. The maximum Gasteiger partial charge on any atom is 0.0908 e. The molecule has 0 aliphatic rings. The molecular formula is C13H27ClO4. The van der Waals surface area contributed by atoms with Gasteiger partial charge in [0.05, 0.1) is 45.0 Å². The lowest BCUT2D eigenvalue weighted by atomic mass is 10.2. The van der Waals surface area contributed by atoms with Gasteiger partial charge in [-0.15, -0.1) is 11.6 Å². The minimum Gasteiger partial charge on any atom is -0.389 e. The monoisotopic (exact) mass is 282 g/mol. The smallest absolute Gasteiger partial charge is 0.0908 e. The maximum absolute atomic E-state index is 9.10. The molecule has 5 heteroatoms. The van der Waals surface area contributed by atoms with E-state index < -0.39 is 6.10 Å². The summed E-state index contributed by atoms with van der Waals surface area (Å²) in [4.78, 5) is 0. The Morgan fingerprint density at radius 1 is 0.889 bits per heavy atom. The highest BCUT2D eigenvalue weighted by Gasteiger charge is 2.00. The first-order valence-electron chi connectivity index (χ1n) is 6.78. The van der Waals surface area contributed by atoms with Crippen LogP contribution in [0.4, 0.5) is 0 Å². The van der Waals surface area contributed by atoms with Crippen molar-refractivity contribution >= 4 is 11.6 Å². The Balaban J connectivity index is 2.94. The largest absolute Gasteiger partial charge is 0.389 e. The van der Waals surface area contributed by atoms with E-state index in [4.69, 9.17) is 30.9 Å². The van der Waals surface area contributed by atoms with E-state index >= 15 is 0 Å². The van der Waals surface area contributed by atoms with Gasteiger partial charge < -0.3 is 19.3 Å². The Hall–Kier alpha value is 0.130. The molecule has 0 aromatic rings. The van der Waals surface area contributed by atoms with E-state index in [2.05, 4.69) is 6.92 Å². The number of unbranched alkanes of at least 4 members (excludes halogenated alkanes) is 3. The van der Waals surface area contributed by atoms with Gasteiger partial charge in [0.2, 0.25) is 0 Å². The SMILES string of the molecule is CCCCCCOCCOCCOC[C@@H](O)CCl. The summed E-state index contributed by atoms with van der Waals surface area (Å²) in [7, 11) is 0. The van der Waals surface area contributed by atoms with Gasteiger partial charge in [-0.1, -0.05) is 26.2 Å². The molecule has 18 heavy (non-hydrogen) atoms. The average Bonchev–Trinajstić information content (AvgIpc) is 2.39. The summed E-state index contributed by atoms with van der Waals surface area (Å²) >= 11 is 5.42. The van der Waals surface area contributed by atoms with Crippen molar-refractivity contribution in [3.8, 4) is 0 Å². The summed E-state index contributed by atoms with van der Waals surface area (Å²) in [6, 6.07) is 0. The maximum atomic E-state index is 9.10. The van der Waals surface area contributed by atoms with Crippen LogP contribution >= 0.6 is 11.6 Å². The zero-order chi connectivity index (χ0) is 13.5. The third kappa shape index (κ3) is 14.2. The molecule has 0 saturated carbocycles. The molecule has 0 heterocycles. The molecule has 0 aromatic carbocycles. The zero-order valence-electron chi connectivity index (χ0n) is 11.4. The lowest BCUT2D eigenvalue weighted by Crippen LogP contribution is -2.19. The molecule has 0 unspecified atom stereocenters. The second-order valence-corrected chi connectivity index (χ2v) is 4.48. The molecule has 0 aliphatic carbocycles. The molecule has 4 nitrogen and oxygen atoms in total. The van der Waals surface area contributed by atoms with Crippen molar-refractivity contribution in [2.24, 2.45) is 0 Å². The van der Waals surface area contributed by atoms with Crippen LogP contribution in [0, 0.1) is 0 Å². The molecule has 0 radical (unpaired) electrons. The molecule has 0 aliphatic heterocycles. The highest BCUT2D eigenvalue weighted by atomic mass is 35.5. The molecule has 0 bridgehead atoms. The van der Waals surface area contributed by atoms with Crippen molar-refractivity contribution in [3.63, 3.8) is 0 Å².